The number of nitrogens with two attached hydrogens (primary N) is 1. The van der Waals surface area contributed by atoms with Gasteiger partial charge in [0.25, 0.3) is 0 Å². The lowest BCUT2D eigenvalue weighted by atomic mass is 10.1. The molecule has 2 rings (SSSR count). The number of carbonyl (C=O) groups excluding carboxylic acids is 1. The molecule has 0 bridgehead atoms. The van der Waals surface area contributed by atoms with Crippen molar-refractivity contribution in [2.75, 3.05) is 34.9 Å². The van der Waals surface area contributed by atoms with Gasteiger partial charge in [-0.2, -0.15) is 11.8 Å². The average Bonchev–Trinajstić information content (AvgIpc) is 2.68. The molecule has 0 saturated heterocycles. The van der Waals surface area contributed by atoms with Gasteiger partial charge in [-0.05, 0) is 42.5 Å². The van der Waals surface area contributed by atoms with Gasteiger partial charge in [0.15, 0.2) is 0 Å². The van der Waals surface area contributed by atoms with E-state index in [1.54, 1.807) is 0 Å². The number of unbranched alkanes of at least 4 members (excludes halogenated alkanes) is 1. The molecule has 0 aromatic heterocycles. The zero-order chi connectivity index (χ0) is 13.0. The molecular weight excluding hydrogens is 246 g/mol. The number of benzene rings is 1. The third kappa shape index (κ3) is 3.10. The number of rotatable bonds is 6. The Morgan fingerprint density at radius 2 is 2.28 bits per heavy atom. The average molecular weight is 265 g/mol. The lowest BCUT2D eigenvalue weighted by molar-refractivity contribution is -0.115. The second kappa shape index (κ2) is 6.00. The number of nitrogen functional groups attached to an aromatic ring is 1. The summed E-state index contributed by atoms with van der Waals surface area (Å²) in [6.07, 6.45) is 4.89. The van der Waals surface area contributed by atoms with Crippen LogP contribution >= 0.6 is 11.8 Å². The predicted octanol–water partition coefficient (Wildman–Crippen LogP) is 2.32. The molecule has 0 unspecified atom stereocenters. The van der Waals surface area contributed by atoms with Crippen LogP contribution < -0.4 is 16.4 Å². The van der Waals surface area contributed by atoms with Gasteiger partial charge in [0, 0.05) is 12.2 Å². The Bertz CT molecular complexity index is 448. The molecular formula is C13H19N3OS. The number of fused-ring (bicyclic) bond motifs is 1. The summed E-state index contributed by atoms with van der Waals surface area (Å²) < 4.78 is 0. The normalized spacial score (nSPS) is 13.3. The van der Waals surface area contributed by atoms with Crippen molar-refractivity contribution in [3.8, 4) is 0 Å². The standard InChI is InChI=1S/C13H19N3OS/c1-18-5-3-2-4-15-12-8-11-9(6-10(12)14)7-13(17)16-11/h6,8,15H,2-5,7,14H2,1H3,(H,16,17). The lowest BCUT2D eigenvalue weighted by Crippen LogP contribution is -2.05. The molecule has 4 N–H and O–H groups in total. The molecule has 18 heavy (non-hydrogen) atoms. The van der Waals surface area contributed by atoms with E-state index in [9.17, 15) is 4.79 Å². The first kappa shape index (κ1) is 13.1. The van der Waals surface area contributed by atoms with Gasteiger partial charge in [-0.1, -0.05) is 0 Å². The molecule has 0 fully saturated rings. The second-order valence-electron chi connectivity index (χ2n) is 4.45. The van der Waals surface area contributed by atoms with Crippen LogP contribution in [0.3, 0.4) is 0 Å². The minimum absolute atomic E-state index is 0.0431. The smallest absolute Gasteiger partial charge is 0.228 e. The molecule has 1 aromatic carbocycles. The Hall–Kier alpha value is -1.36. The number of thioether (sulfide) groups is 1. The highest BCUT2D eigenvalue weighted by Crippen LogP contribution is 2.31. The maximum atomic E-state index is 11.3. The van der Waals surface area contributed by atoms with Gasteiger partial charge in [-0.3, -0.25) is 4.79 Å². The summed E-state index contributed by atoms with van der Waals surface area (Å²) in [5.74, 6) is 1.23. The van der Waals surface area contributed by atoms with Gasteiger partial charge < -0.3 is 16.4 Å². The summed E-state index contributed by atoms with van der Waals surface area (Å²) in [7, 11) is 0. The monoisotopic (exact) mass is 265 g/mol. The number of hydrogen-bond acceptors (Lipinski definition) is 4. The van der Waals surface area contributed by atoms with Gasteiger partial charge in [-0.15, -0.1) is 0 Å². The Morgan fingerprint density at radius 3 is 3.06 bits per heavy atom. The van der Waals surface area contributed by atoms with Crippen molar-refractivity contribution in [3.63, 3.8) is 0 Å². The summed E-state index contributed by atoms with van der Waals surface area (Å²) in [5.41, 5.74) is 9.49. The molecule has 0 atom stereocenters. The molecule has 1 amide bonds. The van der Waals surface area contributed by atoms with Crippen LogP contribution in [0.5, 0.6) is 0 Å². The molecule has 0 aliphatic carbocycles. The van der Waals surface area contributed by atoms with Crippen LogP contribution in [0.15, 0.2) is 12.1 Å². The van der Waals surface area contributed by atoms with Crippen LogP contribution in [-0.4, -0.2) is 24.5 Å². The largest absolute Gasteiger partial charge is 0.397 e. The Balaban J connectivity index is 1.93. The molecule has 1 aromatic rings. The number of hydrogen-bond donors (Lipinski definition) is 3. The Kier molecular flexibility index (Phi) is 4.36. The zero-order valence-electron chi connectivity index (χ0n) is 10.6. The first-order valence-corrected chi connectivity index (χ1v) is 7.55. The Morgan fingerprint density at radius 1 is 1.44 bits per heavy atom. The second-order valence-corrected chi connectivity index (χ2v) is 5.43. The van der Waals surface area contributed by atoms with Crippen molar-refractivity contribution < 1.29 is 4.79 Å². The van der Waals surface area contributed by atoms with Gasteiger partial charge in [-0.25, -0.2) is 0 Å². The zero-order valence-corrected chi connectivity index (χ0v) is 11.4. The van der Waals surface area contributed by atoms with Crippen LogP contribution in [0.25, 0.3) is 0 Å². The minimum Gasteiger partial charge on any atom is -0.397 e. The van der Waals surface area contributed by atoms with Gasteiger partial charge >= 0.3 is 0 Å². The fraction of sp³-hybridized carbons (Fsp3) is 0.462. The molecule has 4 nitrogen and oxygen atoms in total. The maximum absolute atomic E-state index is 11.3. The van der Waals surface area contributed by atoms with Crippen molar-refractivity contribution in [1.82, 2.24) is 0 Å². The summed E-state index contributed by atoms with van der Waals surface area (Å²) in [5, 5.41) is 6.17. The van der Waals surface area contributed by atoms with Crippen molar-refractivity contribution in [1.29, 1.82) is 0 Å². The van der Waals surface area contributed by atoms with Crippen molar-refractivity contribution >= 4 is 34.7 Å². The summed E-state index contributed by atoms with van der Waals surface area (Å²) in [4.78, 5) is 11.3. The van der Waals surface area contributed by atoms with Crippen molar-refractivity contribution in [2.45, 2.75) is 19.3 Å². The van der Waals surface area contributed by atoms with E-state index in [1.165, 1.54) is 12.2 Å². The van der Waals surface area contributed by atoms with Crippen LogP contribution in [0.4, 0.5) is 17.1 Å². The van der Waals surface area contributed by atoms with E-state index in [2.05, 4.69) is 16.9 Å². The van der Waals surface area contributed by atoms with E-state index in [-0.39, 0.29) is 5.91 Å². The van der Waals surface area contributed by atoms with E-state index in [0.29, 0.717) is 6.42 Å². The van der Waals surface area contributed by atoms with E-state index >= 15 is 0 Å². The molecule has 98 valence electrons. The molecule has 1 heterocycles. The molecule has 1 aliphatic rings. The van der Waals surface area contributed by atoms with Crippen LogP contribution in [0.2, 0.25) is 0 Å². The van der Waals surface area contributed by atoms with Gasteiger partial charge in [0.1, 0.15) is 0 Å². The Labute approximate surface area is 112 Å². The highest BCUT2D eigenvalue weighted by atomic mass is 32.2. The molecule has 0 radical (unpaired) electrons. The number of carbonyl (C=O) groups is 1. The highest BCUT2D eigenvalue weighted by Gasteiger charge is 2.18. The fourth-order valence-corrected chi connectivity index (χ4v) is 2.53. The van der Waals surface area contributed by atoms with Crippen molar-refractivity contribution in [2.24, 2.45) is 0 Å². The molecule has 5 heteroatoms. The lowest BCUT2D eigenvalue weighted by Gasteiger charge is -2.11. The van der Waals surface area contributed by atoms with Gasteiger partial charge in [0.05, 0.1) is 17.8 Å². The third-order valence-corrected chi connectivity index (χ3v) is 3.69. The summed E-state index contributed by atoms with van der Waals surface area (Å²) in [6, 6.07) is 3.82. The van der Waals surface area contributed by atoms with Gasteiger partial charge in [0.2, 0.25) is 5.91 Å². The minimum atomic E-state index is 0.0431. The first-order chi connectivity index (χ1) is 8.70. The molecule has 0 saturated carbocycles. The number of anilines is 3. The van der Waals surface area contributed by atoms with E-state index in [4.69, 9.17) is 5.73 Å². The predicted molar refractivity (Wildman–Crippen MR) is 79.3 cm³/mol. The molecule has 1 aliphatic heterocycles. The summed E-state index contributed by atoms with van der Waals surface area (Å²) in [6.45, 7) is 0.914. The van der Waals surface area contributed by atoms with Crippen LogP contribution in [0.1, 0.15) is 18.4 Å². The van der Waals surface area contributed by atoms with E-state index in [0.717, 1.165) is 35.6 Å². The maximum Gasteiger partial charge on any atom is 0.228 e. The SMILES string of the molecule is CSCCCCNc1cc2c(cc1N)CC(=O)N2. The molecule has 0 spiro atoms. The quantitative estimate of drug-likeness (QED) is 0.545. The third-order valence-electron chi connectivity index (χ3n) is 2.99. The van der Waals surface area contributed by atoms with Crippen LogP contribution in [-0.2, 0) is 11.2 Å². The summed E-state index contributed by atoms with van der Waals surface area (Å²) >= 11 is 1.87. The van der Waals surface area contributed by atoms with E-state index < -0.39 is 0 Å². The van der Waals surface area contributed by atoms with Crippen LogP contribution in [0, 0.1) is 0 Å². The highest BCUT2D eigenvalue weighted by molar-refractivity contribution is 7.98. The topological polar surface area (TPSA) is 67.1 Å². The van der Waals surface area contributed by atoms with Crippen molar-refractivity contribution in [3.05, 3.63) is 17.7 Å². The fourth-order valence-electron chi connectivity index (χ4n) is 2.04. The number of nitrogens with one attached hydrogen (secondary N) is 2. The van der Waals surface area contributed by atoms with E-state index in [1.807, 2.05) is 23.9 Å². The number of amides is 1. The first-order valence-electron chi connectivity index (χ1n) is 6.16.